The van der Waals surface area contributed by atoms with Gasteiger partial charge in [0, 0.05) is 12.2 Å². The molecule has 1 atom stereocenters. The van der Waals surface area contributed by atoms with E-state index in [-0.39, 0.29) is 0 Å². The molecule has 0 saturated heterocycles. The third-order valence-electron chi connectivity index (χ3n) is 4.60. The van der Waals surface area contributed by atoms with Crippen molar-refractivity contribution in [3.8, 4) is 0 Å². The van der Waals surface area contributed by atoms with Crippen molar-refractivity contribution in [1.29, 1.82) is 0 Å². The Morgan fingerprint density at radius 1 is 1.19 bits per heavy atom. The molecule has 1 saturated carbocycles. The summed E-state index contributed by atoms with van der Waals surface area (Å²) >= 11 is 0. The minimum atomic E-state index is 0.405. The van der Waals surface area contributed by atoms with E-state index in [1.807, 2.05) is 7.05 Å². The van der Waals surface area contributed by atoms with Crippen molar-refractivity contribution in [3.63, 3.8) is 0 Å². The monoisotopic (exact) mass is 283 g/mol. The van der Waals surface area contributed by atoms with Gasteiger partial charge in [0.2, 0.25) is 0 Å². The van der Waals surface area contributed by atoms with Gasteiger partial charge in [-0.25, -0.2) is 0 Å². The van der Waals surface area contributed by atoms with Gasteiger partial charge in [0.15, 0.2) is 0 Å². The molecule has 0 aliphatic heterocycles. The minimum absolute atomic E-state index is 0.405. The van der Waals surface area contributed by atoms with Crippen molar-refractivity contribution in [2.75, 3.05) is 7.05 Å². The van der Waals surface area contributed by atoms with Crippen molar-refractivity contribution in [1.82, 2.24) is 15.1 Å². The van der Waals surface area contributed by atoms with E-state index in [0.717, 1.165) is 12.8 Å². The third kappa shape index (κ3) is 3.53. The molecular weight excluding hydrogens is 258 g/mol. The second-order valence-electron chi connectivity index (χ2n) is 6.02. The Labute approximate surface area is 127 Å². The first-order valence-electron chi connectivity index (χ1n) is 8.13. The minimum Gasteiger partial charge on any atom is -0.313 e. The first-order valence-corrected chi connectivity index (χ1v) is 8.13. The van der Waals surface area contributed by atoms with E-state index in [0.29, 0.717) is 12.1 Å². The first kappa shape index (κ1) is 14.3. The van der Waals surface area contributed by atoms with E-state index in [9.17, 15) is 0 Å². The summed E-state index contributed by atoms with van der Waals surface area (Å²) in [6.45, 7) is 0. The van der Waals surface area contributed by atoms with Crippen LogP contribution in [0.4, 0.5) is 0 Å². The zero-order valence-electron chi connectivity index (χ0n) is 12.8. The van der Waals surface area contributed by atoms with Gasteiger partial charge in [0.05, 0.1) is 11.7 Å². The third-order valence-corrected chi connectivity index (χ3v) is 4.60. The molecule has 1 heterocycles. The molecule has 112 valence electrons. The number of nitrogens with one attached hydrogen (secondary N) is 1. The Morgan fingerprint density at radius 2 is 1.95 bits per heavy atom. The van der Waals surface area contributed by atoms with Crippen LogP contribution in [0.3, 0.4) is 0 Å². The van der Waals surface area contributed by atoms with Gasteiger partial charge in [-0.1, -0.05) is 43.2 Å². The van der Waals surface area contributed by atoms with E-state index >= 15 is 0 Å². The quantitative estimate of drug-likeness (QED) is 0.871. The van der Waals surface area contributed by atoms with Gasteiger partial charge in [-0.3, -0.25) is 4.68 Å². The lowest BCUT2D eigenvalue weighted by Gasteiger charge is -2.16. The lowest BCUT2D eigenvalue weighted by atomic mass is 10.0. The molecule has 3 heteroatoms. The number of hydrogen-bond donors (Lipinski definition) is 1. The number of rotatable bonds is 6. The lowest BCUT2D eigenvalue weighted by molar-refractivity contribution is 0.459. The maximum absolute atomic E-state index is 4.78. The predicted molar refractivity (Wildman–Crippen MR) is 86.3 cm³/mol. The summed E-state index contributed by atoms with van der Waals surface area (Å²) in [6.07, 6.45) is 9.59. The molecule has 0 bridgehead atoms. The van der Waals surface area contributed by atoms with Crippen molar-refractivity contribution in [3.05, 3.63) is 53.9 Å². The normalized spacial score (nSPS) is 17.2. The summed E-state index contributed by atoms with van der Waals surface area (Å²) in [5.74, 6) is 0. The van der Waals surface area contributed by atoms with Gasteiger partial charge >= 0.3 is 0 Å². The average Bonchev–Trinajstić information content (AvgIpc) is 3.20. The molecule has 1 aliphatic carbocycles. The fourth-order valence-electron chi connectivity index (χ4n) is 3.34. The maximum Gasteiger partial charge on any atom is 0.0625 e. The summed E-state index contributed by atoms with van der Waals surface area (Å²) in [5, 5.41) is 8.20. The van der Waals surface area contributed by atoms with Crippen LogP contribution in [0.25, 0.3) is 0 Å². The van der Waals surface area contributed by atoms with Gasteiger partial charge < -0.3 is 5.32 Å². The van der Waals surface area contributed by atoms with Crippen molar-refractivity contribution < 1.29 is 0 Å². The molecule has 1 aromatic heterocycles. The molecule has 1 N–H and O–H groups in total. The molecule has 2 aromatic rings. The van der Waals surface area contributed by atoms with E-state index in [2.05, 4.69) is 52.6 Å². The van der Waals surface area contributed by atoms with Crippen LogP contribution in [0.15, 0.2) is 42.6 Å². The Hall–Kier alpha value is -1.61. The smallest absolute Gasteiger partial charge is 0.0625 e. The van der Waals surface area contributed by atoms with Gasteiger partial charge in [-0.05, 0) is 44.4 Å². The average molecular weight is 283 g/mol. The number of aromatic nitrogens is 2. The highest BCUT2D eigenvalue weighted by molar-refractivity contribution is 5.19. The zero-order chi connectivity index (χ0) is 14.5. The van der Waals surface area contributed by atoms with E-state index < -0.39 is 0 Å². The Bertz CT molecular complexity index is 541. The molecule has 0 spiro atoms. The van der Waals surface area contributed by atoms with Gasteiger partial charge in [-0.2, -0.15) is 5.10 Å². The van der Waals surface area contributed by atoms with Crippen LogP contribution in [0.5, 0.6) is 0 Å². The molecule has 1 unspecified atom stereocenters. The Morgan fingerprint density at radius 3 is 2.67 bits per heavy atom. The van der Waals surface area contributed by atoms with Gasteiger partial charge in [0.25, 0.3) is 0 Å². The number of benzene rings is 1. The zero-order valence-corrected chi connectivity index (χ0v) is 12.8. The summed E-state index contributed by atoms with van der Waals surface area (Å²) in [4.78, 5) is 0. The van der Waals surface area contributed by atoms with Gasteiger partial charge in [-0.15, -0.1) is 0 Å². The summed E-state index contributed by atoms with van der Waals surface area (Å²) < 4.78 is 2.19. The Kier molecular flexibility index (Phi) is 4.71. The molecule has 0 radical (unpaired) electrons. The SMILES string of the molecule is CNC(CCc1ccn(C2CCCC2)n1)c1ccccc1. The summed E-state index contributed by atoms with van der Waals surface area (Å²) in [5.41, 5.74) is 2.58. The maximum atomic E-state index is 4.78. The van der Waals surface area contributed by atoms with Crippen LogP contribution in [0.2, 0.25) is 0 Å². The van der Waals surface area contributed by atoms with Crippen LogP contribution < -0.4 is 5.32 Å². The summed E-state index contributed by atoms with van der Waals surface area (Å²) in [7, 11) is 2.04. The number of nitrogens with zero attached hydrogens (tertiary/aromatic N) is 2. The second-order valence-corrected chi connectivity index (χ2v) is 6.02. The highest BCUT2D eigenvalue weighted by Gasteiger charge is 2.17. The van der Waals surface area contributed by atoms with Crippen LogP contribution in [-0.2, 0) is 6.42 Å². The molecule has 21 heavy (non-hydrogen) atoms. The van der Waals surface area contributed by atoms with Crippen molar-refractivity contribution in [2.45, 2.75) is 50.6 Å². The largest absolute Gasteiger partial charge is 0.313 e. The van der Waals surface area contributed by atoms with Crippen LogP contribution in [0, 0.1) is 0 Å². The van der Waals surface area contributed by atoms with E-state index in [4.69, 9.17) is 5.10 Å². The van der Waals surface area contributed by atoms with Crippen molar-refractivity contribution >= 4 is 0 Å². The molecule has 1 aliphatic rings. The van der Waals surface area contributed by atoms with Gasteiger partial charge in [0.1, 0.15) is 0 Å². The van der Waals surface area contributed by atoms with E-state index in [1.54, 1.807) is 0 Å². The van der Waals surface area contributed by atoms with E-state index in [1.165, 1.54) is 36.9 Å². The van der Waals surface area contributed by atoms with Crippen LogP contribution in [-0.4, -0.2) is 16.8 Å². The standard InChI is InChI=1S/C18H25N3/c1-19-18(15-7-3-2-4-8-15)12-11-16-13-14-21(20-16)17-9-5-6-10-17/h2-4,7-8,13-14,17-19H,5-6,9-12H2,1H3. The number of aryl methyl sites for hydroxylation is 1. The second kappa shape index (κ2) is 6.90. The van der Waals surface area contributed by atoms with Crippen molar-refractivity contribution in [2.24, 2.45) is 0 Å². The van der Waals surface area contributed by atoms with Crippen LogP contribution in [0.1, 0.15) is 55.4 Å². The molecule has 3 nitrogen and oxygen atoms in total. The molecular formula is C18H25N3. The fourth-order valence-corrected chi connectivity index (χ4v) is 3.34. The molecule has 0 amide bonds. The molecule has 1 aromatic carbocycles. The number of hydrogen-bond acceptors (Lipinski definition) is 2. The molecule has 3 rings (SSSR count). The summed E-state index contributed by atoms with van der Waals surface area (Å²) in [6, 6.07) is 13.9. The fraction of sp³-hybridized carbons (Fsp3) is 0.500. The van der Waals surface area contributed by atoms with Crippen LogP contribution >= 0.6 is 0 Å². The highest BCUT2D eigenvalue weighted by Crippen LogP contribution is 2.29. The molecule has 1 fully saturated rings. The first-order chi connectivity index (χ1) is 10.4. The highest BCUT2D eigenvalue weighted by atomic mass is 15.3. The topological polar surface area (TPSA) is 29.9 Å². The predicted octanol–water partition coefficient (Wildman–Crippen LogP) is 3.89. The lowest BCUT2D eigenvalue weighted by Crippen LogP contribution is -2.17. The Balaban J connectivity index is 1.59.